The Balaban J connectivity index is 1.40. The minimum atomic E-state index is -0.152. The first kappa shape index (κ1) is 16.0. The third-order valence-corrected chi connectivity index (χ3v) is 6.52. The SMILES string of the molecule is CCc1[nH]ncc1C(=O)N1C[C@H]2CCC[C@@]2(c2nc(CC3CC3)no2)C1. The van der Waals surface area contributed by atoms with Gasteiger partial charge in [-0.05, 0) is 43.9 Å². The van der Waals surface area contributed by atoms with Gasteiger partial charge in [0, 0.05) is 25.2 Å². The predicted molar refractivity (Wildman–Crippen MR) is 93.6 cm³/mol. The molecule has 1 aliphatic heterocycles. The second-order valence-electron chi connectivity index (χ2n) is 8.21. The van der Waals surface area contributed by atoms with Crippen LogP contribution in [-0.4, -0.2) is 44.2 Å². The smallest absolute Gasteiger partial charge is 0.257 e. The molecule has 1 saturated heterocycles. The third-order valence-electron chi connectivity index (χ3n) is 6.52. The number of hydrogen-bond donors (Lipinski definition) is 1. The first-order valence-corrected chi connectivity index (χ1v) is 9.84. The lowest BCUT2D eigenvalue weighted by molar-refractivity contribution is 0.0774. The Bertz CT molecular complexity index is 824. The van der Waals surface area contributed by atoms with E-state index < -0.39 is 0 Å². The van der Waals surface area contributed by atoms with Gasteiger partial charge in [-0.3, -0.25) is 9.89 Å². The van der Waals surface area contributed by atoms with E-state index >= 15 is 0 Å². The summed E-state index contributed by atoms with van der Waals surface area (Å²) in [6.07, 6.45) is 9.24. The van der Waals surface area contributed by atoms with Crippen LogP contribution >= 0.6 is 0 Å². The Kier molecular flexibility index (Phi) is 3.65. The van der Waals surface area contributed by atoms with Crippen molar-refractivity contribution in [1.82, 2.24) is 25.2 Å². The lowest BCUT2D eigenvalue weighted by Crippen LogP contribution is -2.35. The molecule has 0 bridgehead atoms. The number of nitrogens with one attached hydrogen (secondary N) is 1. The molecule has 138 valence electrons. The van der Waals surface area contributed by atoms with Crippen molar-refractivity contribution in [2.45, 2.75) is 57.3 Å². The first-order valence-electron chi connectivity index (χ1n) is 9.84. The summed E-state index contributed by atoms with van der Waals surface area (Å²) in [5, 5.41) is 11.2. The van der Waals surface area contributed by atoms with Gasteiger partial charge in [0.1, 0.15) is 0 Å². The third kappa shape index (κ3) is 2.47. The molecule has 26 heavy (non-hydrogen) atoms. The summed E-state index contributed by atoms with van der Waals surface area (Å²) < 4.78 is 5.73. The molecule has 1 amide bonds. The van der Waals surface area contributed by atoms with Crippen molar-refractivity contribution in [3.8, 4) is 0 Å². The van der Waals surface area contributed by atoms with Gasteiger partial charge in [-0.1, -0.05) is 18.5 Å². The number of nitrogens with zero attached hydrogens (tertiary/aromatic N) is 4. The van der Waals surface area contributed by atoms with Crippen LogP contribution in [0.5, 0.6) is 0 Å². The summed E-state index contributed by atoms with van der Waals surface area (Å²) in [6.45, 7) is 3.48. The van der Waals surface area contributed by atoms with E-state index in [-0.39, 0.29) is 11.3 Å². The average Bonchev–Trinajstić information content (AvgIpc) is 3.06. The minimum Gasteiger partial charge on any atom is -0.339 e. The lowest BCUT2D eigenvalue weighted by atomic mass is 9.80. The molecule has 0 radical (unpaired) electrons. The summed E-state index contributed by atoms with van der Waals surface area (Å²) in [5.41, 5.74) is 1.45. The molecule has 3 aliphatic rings. The van der Waals surface area contributed by atoms with Gasteiger partial charge in [0.2, 0.25) is 5.89 Å². The lowest BCUT2D eigenvalue weighted by Gasteiger charge is -2.24. The molecule has 2 aromatic heterocycles. The van der Waals surface area contributed by atoms with E-state index in [2.05, 4.69) is 15.4 Å². The van der Waals surface area contributed by atoms with Crippen molar-refractivity contribution >= 4 is 5.91 Å². The molecule has 7 nitrogen and oxygen atoms in total. The number of aromatic amines is 1. The van der Waals surface area contributed by atoms with Crippen LogP contribution in [0.1, 0.15) is 66.8 Å². The van der Waals surface area contributed by atoms with E-state index in [0.717, 1.165) is 55.6 Å². The van der Waals surface area contributed by atoms with Crippen LogP contribution in [0.3, 0.4) is 0 Å². The Morgan fingerprint density at radius 1 is 1.42 bits per heavy atom. The number of H-pyrrole nitrogens is 1. The second-order valence-corrected chi connectivity index (χ2v) is 8.21. The number of rotatable bonds is 5. The zero-order valence-corrected chi connectivity index (χ0v) is 15.2. The first-order chi connectivity index (χ1) is 12.7. The highest BCUT2D eigenvalue weighted by molar-refractivity contribution is 5.95. The van der Waals surface area contributed by atoms with Crippen molar-refractivity contribution in [3.05, 3.63) is 29.2 Å². The van der Waals surface area contributed by atoms with Gasteiger partial charge in [-0.2, -0.15) is 10.1 Å². The quantitative estimate of drug-likeness (QED) is 0.890. The molecule has 0 aromatic carbocycles. The Hall–Kier alpha value is -2.18. The number of carbonyl (C=O) groups is 1. The maximum Gasteiger partial charge on any atom is 0.257 e. The van der Waals surface area contributed by atoms with E-state index in [4.69, 9.17) is 9.51 Å². The Labute approximate surface area is 152 Å². The summed E-state index contributed by atoms with van der Waals surface area (Å²) in [7, 11) is 0. The number of aromatic nitrogens is 4. The number of aryl methyl sites for hydroxylation is 1. The monoisotopic (exact) mass is 355 g/mol. The van der Waals surface area contributed by atoms with Gasteiger partial charge < -0.3 is 9.42 Å². The van der Waals surface area contributed by atoms with Crippen LogP contribution in [0.15, 0.2) is 10.7 Å². The molecule has 2 aromatic rings. The molecule has 2 aliphatic carbocycles. The summed E-state index contributed by atoms with van der Waals surface area (Å²) in [5.74, 6) is 2.83. The van der Waals surface area contributed by atoms with Crippen LogP contribution in [0.2, 0.25) is 0 Å². The van der Waals surface area contributed by atoms with Crippen LogP contribution in [-0.2, 0) is 18.3 Å². The van der Waals surface area contributed by atoms with E-state index in [0.29, 0.717) is 18.0 Å². The summed E-state index contributed by atoms with van der Waals surface area (Å²) in [4.78, 5) is 19.8. The zero-order chi connectivity index (χ0) is 17.7. The number of hydrogen-bond acceptors (Lipinski definition) is 5. The summed E-state index contributed by atoms with van der Waals surface area (Å²) >= 11 is 0. The van der Waals surface area contributed by atoms with Crippen molar-refractivity contribution in [3.63, 3.8) is 0 Å². The number of amides is 1. The van der Waals surface area contributed by atoms with Crippen LogP contribution in [0.25, 0.3) is 0 Å². The van der Waals surface area contributed by atoms with Crippen LogP contribution in [0.4, 0.5) is 0 Å². The Morgan fingerprint density at radius 2 is 2.31 bits per heavy atom. The van der Waals surface area contributed by atoms with Gasteiger partial charge in [0.15, 0.2) is 5.82 Å². The molecule has 0 spiro atoms. The van der Waals surface area contributed by atoms with E-state index in [1.54, 1.807) is 6.20 Å². The van der Waals surface area contributed by atoms with E-state index in [9.17, 15) is 4.79 Å². The van der Waals surface area contributed by atoms with Crippen LogP contribution < -0.4 is 0 Å². The zero-order valence-electron chi connectivity index (χ0n) is 15.2. The number of likely N-dealkylation sites (tertiary alicyclic amines) is 1. The molecule has 0 unspecified atom stereocenters. The molecular formula is C19H25N5O2. The summed E-state index contributed by atoms with van der Waals surface area (Å²) in [6, 6.07) is 0. The van der Waals surface area contributed by atoms with Crippen molar-refractivity contribution in [2.24, 2.45) is 11.8 Å². The van der Waals surface area contributed by atoms with Gasteiger partial charge in [0.25, 0.3) is 5.91 Å². The molecule has 3 heterocycles. The van der Waals surface area contributed by atoms with Gasteiger partial charge in [0.05, 0.1) is 17.2 Å². The fourth-order valence-electron chi connectivity index (χ4n) is 4.85. The van der Waals surface area contributed by atoms with Crippen molar-refractivity contribution in [2.75, 3.05) is 13.1 Å². The normalized spacial score (nSPS) is 27.9. The molecule has 3 fully saturated rings. The number of fused-ring (bicyclic) bond motifs is 1. The molecule has 5 rings (SSSR count). The largest absolute Gasteiger partial charge is 0.339 e. The highest BCUT2D eigenvalue weighted by atomic mass is 16.5. The standard InChI is InChI=1S/C19H25N5O2/c1-2-15-14(9-20-22-15)17(25)24-10-13-4-3-7-19(13,11-24)18-21-16(23-26-18)8-12-5-6-12/h9,12-13H,2-8,10-11H2,1H3,(H,20,22)/t13-,19-/m1/s1. The molecule has 2 atom stereocenters. The minimum absolute atomic E-state index is 0.0714. The predicted octanol–water partition coefficient (Wildman–Crippen LogP) is 2.50. The van der Waals surface area contributed by atoms with Crippen molar-refractivity contribution < 1.29 is 9.32 Å². The highest BCUT2D eigenvalue weighted by Crippen LogP contribution is 2.50. The fraction of sp³-hybridized carbons (Fsp3) is 0.684. The molecule has 2 saturated carbocycles. The average molecular weight is 355 g/mol. The van der Waals surface area contributed by atoms with Crippen molar-refractivity contribution in [1.29, 1.82) is 0 Å². The second kappa shape index (κ2) is 5.93. The highest BCUT2D eigenvalue weighted by Gasteiger charge is 2.55. The topological polar surface area (TPSA) is 87.9 Å². The Morgan fingerprint density at radius 3 is 3.12 bits per heavy atom. The molecular weight excluding hydrogens is 330 g/mol. The fourth-order valence-corrected chi connectivity index (χ4v) is 4.85. The maximum atomic E-state index is 13.1. The van der Waals surface area contributed by atoms with E-state index in [1.165, 1.54) is 19.3 Å². The van der Waals surface area contributed by atoms with E-state index in [1.807, 2.05) is 11.8 Å². The van der Waals surface area contributed by atoms with Gasteiger partial charge in [-0.25, -0.2) is 0 Å². The number of carbonyl (C=O) groups excluding carboxylic acids is 1. The van der Waals surface area contributed by atoms with Gasteiger partial charge >= 0.3 is 0 Å². The molecule has 7 heteroatoms. The molecule has 1 N–H and O–H groups in total. The maximum absolute atomic E-state index is 13.1. The van der Waals surface area contributed by atoms with Gasteiger partial charge in [-0.15, -0.1) is 0 Å². The van der Waals surface area contributed by atoms with Crippen LogP contribution in [0, 0.1) is 11.8 Å².